The molecule has 300 valence electrons. The predicted octanol–water partition coefficient (Wildman–Crippen LogP) is -8.94. The smallest absolute Gasteiger partial charge is 0.335 e. The van der Waals surface area contributed by atoms with Crippen molar-refractivity contribution in [1.29, 1.82) is 0 Å². The monoisotopic (exact) mass is 763 g/mol. The summed E-state index contributed by atoms with van der Waals surface area (Å²) in [6.45, 7) is -0.820. The highest BCUT2D eigenvalue weighted by Crippen LogP contribution is 2.35. The molecule has 13 N–H and O–H groups in total. The van der Waals surface area contributed by atoms with Crippen LogP contribution in [0.2, 0.25) is 0 Å². The van der Waals surface area contributed by atoms with E-state index in [1.165, 1.54) is 0 Å². The van der Waals surface area contributed by atoms with E-state index in [-0.39, 0.29) is 0 Å². The molecule has 0 spiro atoms. The molecule has 24 heteroatoms. The van der Waals surface area contributed by atoms with Crippen LogP contribution >= 0.6 is 0 Å². The molecule has 0 saturated carbocycles. The molecular formula is C28H45NO23. The topological polar surface area (TPSA) is 380 Å². The Balaban J connectivity index is 1.73. The second-order valence-corrected chi connectivity index (χ2v) is 12.5. The molecule has 20 atom stereocenters. The fourth-order valence-electron chi connectivity index (χ4n) is 6.21. The van der Waals surface area contributed by atoms with Gasteiger partial charge in [-0.15, -0.1) is 0 Å². The minimum atomic E-state index is -2.18. The summed E-state index contributed by atoms with van der Waals surface area (Å²) in [7, 11) is 0. The molecule has 24 nitrogen and oxygen atoms in total. The number of hydrogen-bond donors (Lipinski definition) is 13. The Kier molecular flexibility index (Phi) is 14.6. The highest BCUT2D eigenvalue weighted by Gasteiger charge is 2.57. The zero-order valence-corrected chi connectivity index (χ0v) is 27.5. The number of esters is 1. The first kappa shape index (κ1) is 42.4. The molecular weight excluding hydrogens is 718 g/mol. The predicted molar refractivity (Wildman–Crippen MR) is 156 cm³/mol. The van der Waals surface area contributed by atoms with Gasteiger partial charge in [-0.1, -0.05) is 0 Å². The number of nitrogens with one attached hydrogen (secondary N) is 1. The lowest BCUT2D eigenvalue weighted by Crippen LogP contribution is -2.70. The van der Waals surface area contributed by atoms with Crippen LogP contribution in [0.1, 0.15) is 13.8 Å². The largest absolute Gasteiger partial charge is 0.479 e. The first-order valence-electron chi connectivity index (χ1n) is 16.0. The van der Waals surface area contributed by atoms with Gasteiger partial charge < -0.3 is 104 Å². The van der Waals surface area contributed by atoms with E-state index in [1.807, 2.05) is 0 Å². The second-order valence-electron chi connectivity index (χ2n) is 12.5. The van der Waals surface area contributed by atoms with Crippen LogP contribution in [0, 0.1) is 0 Å². The molecule has 0 aromatic rings. The quantitative estimate of drug-likeness (QED) is 0.0821. The van der Waals surface area contributed by atoms with E-state index in [9.17, 15) is 75.7 Å². The third-order valence-corrected chi connectivity index (χ3v) is 8.85. The number of aliphatic hydroxyl groups is 11. The summed E-state index contributed by atoms with van der Waals surface area (Å²) >= 11 is 0. The van der Waals surface area contributed by atoms with Crippen LogP contribution in [0.4, 0.5) is 0 Å². The first-order chi connectivity index (χ1) is 24.4. The number of carbonyl (C=O) groups is 3. The van der Waals surface area contributed by atoms with Gasteiger partial charge in [0.25, 0.3) is 0 Å². The van der Waals surface area contributed by atoms with Gasteiger partial charge in [0.15, 0.2) is 37.4 Å². The number of amides is 1. The average molecular weight is 764 g/mol. The number of aliphatic hydroxyl groups excluding tert-OH is 11. The average Bonchev–Trinajstić information content (AvgIpc) is 3.09. The van der Waals surface area contributed by atoms with Gasteiger partial charge in [-0.2, -0.15) is 0 Å². The van der Waals surface area contributed by atoms with E-state index in [0.717, 1.165) is 13.8 Å². The van der Waals surface area contributed by atoms with Gasteiger partial charge in [0.1, 0.15) is 85.4 Å². The number of aliphatic carboxylic acids is 1. The zero-order chi connectivity index (χ0) is 38.8. The van der Waals surface area contributed by atoms with Crippen LogP contribution in [0.5, 0.6) is 0 Å². The van der Waals surface area contributed by atoms with Crippen LogP contribution in [0.3, 0.4) is 0 Å². The normalized spacial score (nSPS) is 47.0. The maximum absolute atomic E-state index is 12.5. The Morgan fingerprint density at radius 1 is 0.558 bits per heavy atom. The summed E-state index contributed by atoms with van der Waals surface area (Å²) in [6, 6.07) is -1.72. The Bertz CT molecular complexity index is 1210. The van der Waals surface area contributed by atoms with Crippen molar-refractivity contribution >= 4 is 17.8 Å². The van der Waals surface area contributed by atoms with Gasteiger partial charge in [0, 0.05) is 13.8 Å². The Hall–Kier alpha value is -2.31. The number of hydrogen-bond acceptors (Lipinski definition) is 22. The fourth-order valence-corrected chi connectivity index (χ4v) is 6.21. The van der Waals surface area contributed by atoms with Crippen molar-refractivity contribution in [3.05, 3.63) is 0 Å². The van der Waals surface area contributed by atoms with Gasteiger partial charge in [0.05, 0.1) is 19.8 Å². The van der Waals surface area contributed by atoms with Crippen LogP contribution in [0.25, 0.3) is 0 Å². The standard InChI is InChI=1S/C28H45NO23/c1-6(33)29-11-20(50-27-18(41)14(37)12(35)8(3-30)46-27)19(45-7(2)34)10(5-32)48-26(11)52-22-15(38)13(36)9(4-31)47-28(22)51-21-16(39)17(40)25(44)49-23(21)24(42)43/h8-23,25-28,30-32,35-41,44H,3-5H2,1-2H3,(H,29,33)(H,42,43)/t8-,9-,10-,11-,12-,13-,14+,15+,16-,17-,18-,19+,20-,21+,22-,23+,25+,26+,27+,28-/m1/s1. The summed E-state index contributed by atoms with van der Waals surface area (Å²) in [5, 5.41) is 126. The third-order valence-electron chi connectivity index (χ3n) is 8.85. The molecule has 4 fully saturated rings. The van der Waals surface area contributed by atoms with Crippen LogP contribution in [0.15, 0.2) is 0 Å². The van der Waals surface area contributed by atoms with E-state index < -0.39 is 160 Å². The lowest BCUT2D eigenvalue weighted by Gasteiger charge is -2.50. The highest BCUT2D eigenvalue weighted by molar-refractivity contribution is 5.74. The maximum Gasteiger partial charge on any atom is 0.335 e. The molecule has 4 rings (SSSR count). The van der Waals surface area contributed by atoms with Gasteiger partial charge >= 0.3 is 11.9 Å². The molecule has 0 aromatic heterocycles. The van der Waals surface area contributed by atoms with E-state index in [2.05, 4.69) is 5.32 Å². The summed E-state index contributed by atoms with van der Waals surface area (Å²) < 4.78 is 44.4. The number of carbonyl (C=O) groups excluding carboxylic acids is 2. The number of carboxylic acid groups (broad SMARTS) is 1. The Labute approximate surface area is 293 Å². The number of ether oxygens (including phenoxy) is 8. The lowest BCUT2D eigenvalue weighted by atomic mass is 9.94. The summed E-state index contributed by atoms with van der Waals surface area (Å²) in [6.07, 6.45) is -36.8. The van der Waals surface area contributed by atoms with E-state index in [1.54, 1.807) is 0 Å². The molecule has 4 heterocycles. The van der Waals surface area contributed by atoms with Crippen molar-refractivity contribution in [1.82, 2.24) is 5.32 Å². The molecule has 0 radical (unpaired) electrons. The van der Waals surface area contributed by atoms with Crippen molar-refractivity contribution in [2.75, 3.05) is 19.8 Å². The van der Waals surface area contributed by atoms with Crippen LogP contribution in [-0.4, -0.2) is 222 Å². The minimum Gasteiger partial charge on any atom is -0.479 e. The third kappa shape index (κ3) is 8.96. The second kappa shape index (κ2) is 17.9. The van der Waals surface area contributed by atoms with Gasteiger partial charge in [-0.05, 0) is 0 Å². The zero-order valence-electron chi connectivity index (χ0n) is 27.5. The molecule has 1 amide bonds. The van der Waals surface area contributed by atoms with E-state index in [4.69, 9.17) is 37.9 Å². The van der Waals surface area contributed by atoms with Crippen molar-refractivity contribution < 1.29 is 114 Å². The highest BCUT2D eigenvalue weighted by atomic mass is 16.8. The van der Waals surface area contributed by atoms with Gasteiger partial charge in [-0.3, -0.25) is 9.59 Å². The van der Waals surface area contributed by atoms with Gasteiger partial charge in [-0.25, -0.2) is 4.79 Å². The van der Waals surface area contributed by atoms with Crippen molar-refractivity contribution in [3.8, 4) is 0 Å². The summed E-state index contributed by atoms with van der Waals surface area (Å²) in [5.41, 5.74) is 0. The molecule has 0 unspecified atom stereocenters. The molecule has 0 aliphatic carbocycles. The van der Waals surface area contributed by atoms with Crippen LogP contribution < -0.4 is 5.32 Å². The first-order valence-corrected chi connectivity index (χ1v) is 16.0. The van der Waals surface area contributed by atoms with Gasteiger partial charge in [0.2, 0.25) is 5.91 Å². The molecule has 0 bridgehead atoms. The van der Waals surface area contributed by atoms with Crippen molar-refractivity contribution in [3.63, 3.8) is 0 Å². The van der Waals surface area contributed by atoms with E-state index in [0.29, 0.717) is 0 Å². The number of carboxylic acids is 1. The molecule has 0 aromatic carbocycles. The molecule has 52 heavy (non-hydrogen) atoms. The Morgan fingerprint density at radius 2 is 1.06 bits per heavy atom. The lowest BCUT2D eigenvalue weighted by molar-refractivity contribution is -0.385. The minimum absolute atomic E-state index is 0.832. The van der Waals surface area contributed by atoms with Crippen molar-refractivity contribution in [2.45, 2.75) is 137 Å². The summed E-state index contributed by atoms with van der Waals surface area (Å²) in [4.78, 5) is 36.6. The Morgan fingerprint density at radius 3 is 1.60 bits per heavy atom. The van der Waals surface area contributed by atoms with E-state index >= 15 is 0 Å². The molecule has 4 aliphatic heterocycles. The summed E-state index contributed by atoms with van der Waals surface area (Å²) in [5.74, 6) is -3.59. The maximum atomic E-state index is 12.5. The fraction of sp³-hybridized carbons (Fsp3) is 0.893. The molecule has 4 aliphatic rings. The number of rotatable bonds is 12. The SMILES string of the molecule is CC(=O)N[C@H]1[C@H](O[C@H]2[C@@H](O[C@H]3[C@H](O)[C@@H](O)[C@@H](O)O[C@@H]3C(=O)O)O[C@H](CO)[C@@H](O)[C@@H]2O)O[C@H](CO)[C@H](OC(C)=O)[C@@H]1O[C@@H]1O[C@H](CO)[C@@H](O)[C@H](O)[C@H]1O. The van der Waals surface area contributed by atoms with Crippen LogP contribution in [-0.2, 0) is 52.3 Å². The molecule has 4 saturated heterocycles. The van der Waals surface area contributed by atoms with Crippen molar-refractivity contribution in [2.24, 2.45) is 0 Å².